The normalized spacial score (nSPS) is 13.0. The molecule has 0 radical (unpaired) electrons. The Morgan fingerprint density at radius 1 is 1.24 bits per heavy atom. The van der Waals surface area contributed by atoms with Crippen LogP contribution in [0.4, 0.5) is 4.39 Å². The maximum absolute atomic E-state index is 12.8. The third kappa shape index (κ3) is 7.19. The number of benzene rings is 1. The molecule has 0 saturated heterocycles. The predicted molar refractivity (Wildman–Crippen MR) is 86.6 cm³/mol. The number of nitrogens with zero attached hydrogens (tertiary/aromatic N) is 1. The quantitative estimate of drug-likeness (QED) is 0.503. The van der Waals surface area contributed by atoms with Gasteiger partial charge in [0.05, 0.1) is 0 Å². The molecule has 0 N–H and O–H groups in total. The second-order valence-corrected chi connectivity index (χ2v) is 5.74. The molecule has 1 aromatic rings. The Morgan fingerprint density at radius 2 is 1.90 bits per heavy atom. The van der Waals surface area contributed by atoms with E-state index in [4.69, 9.17) is 0 Å². The van der Waals surface area contributed by atoms with Crippen LogP contribution in [0.15, 0.2) is 30.3 Å². The van der Waals surface area contributed by atoms with Crippen molar-refractivity contribution in [1.29, 1.82) is 0 Å². The van der Waals surface area contributed by atoms with Gasteiger partial charge in [0.15, 0.2) is 5.78 Å². The second kappa shape index (κ2) is 9.46. The van der Waals surface area contributed by atoms with E-state index in [0.29, 0.717) is 0 Å². The molecule has 0 saturated carbocycles. The third-order valence-electron chi connectivity index (χ3n) is 3.45. The second-order valence-electron chi connectivity index (χ2n) is 5.74. The summed E-state index contributed by atoms with van der Waals surface area (Å²) in [4.78, 5) is 14.4. The molecule has 0 aliphatic rings. The van der Waals surface area contributed by atoms with Gasteiger partial charge in [-0.1, -0.05) is 44.4 Å². The highest BCUT2D eigenvalue weighted by Gasteiger charge is 2.16. The van der Waals surface area contributed by atoms with Crippen molar-refractivity contribution in [3.63, 3.8) is 0 Å². The number of halogens is 1. The average Bonchev–Trinajstić information content (AvgIpc) is 2.45. The fourth-order valence-corrected chi connectivity index (χ4v) is 2.29. The van der Waals surface area contributed by atoms with E-state index in [1.54, 1.807) is 24.3 Å². The SMILES string of the molecule is CCCCC[C@@H](CN(C)C)C(=O)/C=C\c1ccc(F)cc1. The fraction of sp³-hybridized carbons (Fsp3) is 0.500. The highest BCUT2D eigenvalue weighted by Crippen LogP contribution is 2.14. The molecule has 0 amide bonds. The molecule has 116 valence electrons. The Bertz CT molecular complexity index is 451. The molecule has 1 aromatic carbocycles. The van der Waals surface area contributed by atoms with Crippen molar-refractivity contribution in [3.05, 3.63) is 41.7 Å². The number of carbonyl (C=O) groups is 1. The smallest absolute Gasteiger partial charge is 0.160 e. The van der Waals surface area contributed by atoms with Crippen LogP contribution in [0, 0.1) is 11.7 Å². The van der Waals surface area contributed by atoms with Gasteiger partial charge in [-0.15, -0.1) is 0 Å². The molecule has 0 spiro atoms. The summed E-state index contributed by atoms with van der Waals surface area (Å²) < 4.78 is 12.8. The molecule has 1 atom stereocenters. The lowest BCUT2D eigenvalue weighted by atomic mass is 9.95. The van der Waals surface area contributed by atoms with E-state index in [0.717, 1.165) is 31.4 Å². The molecular formula is C18H26FNO. The zero-order valence-electron chi connectivity index (χ0n) is 13.3. The maximum Gasteiger partial charge on any atom is 0.160 e. The molecule has 21 heavy (non-hydrogen) atoms. The molecular weight excluding hydrogens is 265 g/mol. The largest absolute Gasteiger partial charge is 0.309 e. The molecule has 0 aliphatic carbocycles. The lowest BCUT2D eigenvalue weighted by molar-refractivity contribution is -0.118. The van der Waals surface area contributed by atoms with Crippen LogP contribution in [0.3, 0.4) is 0 Å². The first kappa shape index (κ1) is 17.6. The first-order valence-corrected chi connectivity index (χ1v) is 7.65. The van der Waals surface area contributed by atoms with Gasteiger partial charge in [-0.05, 0) is 44.3 Å². The van der Waals surface area contributed by atoms with Gasteiger partial charge < -0.3 is 4.90 Å². The highest BCUT2D eigenvalue weighted by molar-refractivity contribution is 5.95. The van der Waals surface area contributed by atoms with Crippen LogP contribution in [-0.4, -0.2) is 31.3 Å². The van der Waals surface area contributed by atoms with Crippen LogP contribution in [0.5, 0.6) is 0 Å². The Labute approximate surface area is 127 Å². The lowest BCUT2D eigenvalue weighted by Crippen LogP contribution is -2.27. The predicted octanol–water partition coefficient (Wildman–Crippen LogP) is 4.17. The number of carbonyl (C=O) groups excluding carboxylic acids is 1. The number of hydrogen-bond acceptors (Lipinski definition) is 2. The summed E-state index contributed by atoms with van der Waals surface area (Å²) in [6.07, 6.45) is 7.74. The number of unbranched alkanes of at least 4 members (excludes halogenated alkanes) is 2. The topological polar surface area (TPSA) is 20.3 Å². The number of hydrogen-bond donors (Lipinski definition) is 0. The van der Waals surface area contributed by atoms with E-state index >= 15 is 0 Å². The Balaban J connectivity index is 2.63. The Hall–Kier alpha value is -1.48. The van der Waals surface area contributed by atoms with E-state index in [2.05, 4.69) is 11.8 Å². The van der Waals surface area contributed by atoms with Crippen molar-refractivity contribution in [1.82, 2.24) is 4.90 Å². The van der Waals surface area contributed by atoms with Crippen molar-refractivity contribution in [2.45, 2.75) is 32.6 Å². The van der Waals surface area contributed by atoms with Gasteiger partial charge in [0.25, 0.3) is 0 Å². The van der Waals surface area contributed by atoms with Crippen molar-refractivity contribution in [2.24, 2.45) is 5.92 Å². The molecule has 0 fully saturated rings. The van der Waals surface area contributed by atoms with E-state index in [1.165, 1.54) is 18.6 Å². The van der Waals surface area contributed by atoms with Gasteiger partial charge in [0.1, 0.15) is 5.82 Å². The summed E-state index contributed by atoms with van der Waals surface area (Å²) in [5, 5.41) is 0. The number of rotatable bonds is 9. The van der Waals surface area contributed by atoms with Crippen LogP contribution in [0.1, 0.15) is 38.2 Å². The first-order chi connectivity index (χ1) is 10.0. The van der Waals surface area contributed by atoms with Crippen LogP contribution in [0.2, 0.25) is 0 Å². The van der Waals surface area contributed by atoms with E-state index in [1.807, 2.05) is 14.1 Å². The number of allylic oxidation sites excluding steroid dienone is 1. The summed E-state index contributed by atoms with van der Waals surface area (Å²) >= 11 is 0. The molecule has 0 unspecified atom stereocenters. The summed E-state index contributed by atoms with van der Waals surface area (Å²) in [5.41, 5.74) is 0.849. The standard InChI is InChI=1S/C18H26FNO/c1-4-5-6-7-16(14-20(2)3)18(21)13-10-15-8-11-17(19)12-9-15/h8-13,16H,4-7,14H2,1-3H3/b13-10-/t16-/m0/s1. The van der Waals surface area contributed by atoms with Gasteiger partial charge in [-0.2, -0.15) is 0 Å². The summed E-state index contributed by atoms with van der Waals surface area (Å²) in [6, 6.07) is 6.17. The zero-order chi connectivity index (χ0) is 15.7. The average molecular weight is 291 g/mol. The third-order valence-corrected chi connectivity index (χ3v) is 3.45. The van der Waals surface area contributed by atoms with Crippen LogP contribution < -0.4 is 0 Å². The van der Waals surface area contributed by atoms with Gasteiger partial charge in [-0.3, -0.25) is 4.79 Å². The van der Waals surface area contributed by atoms with Crippen molar-refractivity contribution < 1.29 is 9.18 Å². The molecule has 0 aromatic heterocycles. The molecule has 0 bridgehead atoms. The van der Waals surface area contributed by atoms with Crippen LogP contribution >= 0.6 is 0 Å². The molecule has 0 heterocycles. The van der Waals surface area contributed by atoms with E-state index in [9.17, 15) is 9.18 Å². The highest BCUT2D eigenvalue weighted by atomic mass is 19.1. The Kier molecular flexibility index (Phi) is 7.91. The van der Waals surface area contributed by atoms with E-state index in [-0.39, 0.29) is 17.5 Å². The van der Waals surface area contributed by atoms with Gasteiger partial charge in [0, 0.05) is 12.5 Å². The monoisotopic (exact) mass is 291 g/mol. The molecule has 1 rings (SSSR count). The summed E-state index contributed by atoms with van der Waals surface area (Å²) in [7, 11) is 3.98. The van der Waals surface area contributed by atoms with Crippen LogP contribution in [-0.2, 0) is 4.79 Å². The zero-order valence-corrected chi connectivity index (χ0v) is 13.3. The minimum absolute atomic E-state index is 0.0447. The first-order valence-electron chi connectivity index (χ1n) is 7.65. The lowest BCUT2D eigenvalue weighted by Gasteiger charge is -2.18. The summed E-state index contributed by atoms with van der Waals surface area (Å²) in [5.74, 6) is -0.0593. The molecule has 0 aliphatic heterocycles. The van der Waals surface area contributed by atoms with Gasteiger partial charge >= 0.3 is 0 Å². The van der Waals surface area contributed by atoms with Crippen LogP contribution in [0.25, 0.3) is 6.08 Å². The van der Waals surface area contributed by atoms with Gasteiger partial charge in [0.2, 0.25) is 0 Å². The minimum Gasteiger partial charge on any atom is -0.309 e. The molecule has 2 nitrogen and oxygen atoms in total. The Morgan fingerprint density at radius 3 is 2.48 bits per heavy atom. The summed E-state index contributed by atoms with van der Waals surface area (Å²) in [6.45, 7) is 2.94. The maximum atomic E-state index is 12.8. The van der Waals surface area contributed by atoms with Gasteiger partial charge in [-0.25, -0.2) is 4.39 Å². The van der Waals surface area contributed by atoms with E-state index < -0.39 is 0 Å². The fourth-order valence-electron chi connectivity index (χ4n) is 2.29. The van der Waals surface area contributed by atoms with Crippen molar-refractivity contribution in [2.75, 3.05) is 20.6 Å². The molecule has 3 heteroatoms. The minimum atomic E-state index is -0.261. The van der Waals surface area contributed by atoms with Crippen molar-refractivity contribution >= 4 is 11.9 Å². The van der Waals surface area contributed by atoms with Crippen molar-refractivity contribution in [3.8, 4) is 0 Å². The number of ketones is 1.